The van der Waals surface area contributed by atoms with Gasteiger partial charge in [0.1, 0.15) is 11.8 Å². The highest BCUT2D eigenvalue weighted by Gasteiger charge is 2.27. The fraction of sp³-hybridized carbons (Fsp3) is 0.375. The number of nitrogens with zero attached hydrogens (tertiary/aromatic N) is 1. The molecule has 0 spiro atoms. The highest BCUT2D eigenvalue weighted by Crippen LogP contribution is 2.21. The number of halogens is 2. The molecular weight excluding hydrogens is 383 g/mol. The molecule has 25 heavy (non-hydrogen) atoms. The van der Waals surface area contributed by atoms with Crippen molar-refractivity contribution in [1.82, 2.24) is 20.6 Å². The number of H-pyrrole nitrogens is 1. The molecule has 1 aromatic heterocycles. The number of carbonyl (C=O) groups excluding carboxylic acids is 1. The van der Waals surface area contributed by atoms with Crippen LogP contribution in [-0.4, -0.2) is 41.8 Å². The average Bonchev–Trinajstić information content (AvgIpc) is 3.07. The lowest BCUT2D eigenvalue weighted by Gasteiger charge is -2.22. The third-order valence-corrected chi connectivity index (χ3v) is 4.75. The van der Waals surface area contributed by atoms with Crippen molar-refractivity contribution in [2.24, 2.45) is 0 Å². The number of amides is 1. The van der Waals surface area contributed by atoms with E-state index in [0.717, 1.165) is 40.8 Å². The Labute approximate surface area is 163 Å². The number of imidazole rings is 1. The molecule has 2 heterocycles. The molecule has 0 saturated carbocycles. The molecule has 1 amide bonds. The van der Waals surface area contributed by atoms with Crippen LogP contribution in [0.4, 0.5) is 0 Å². The molecule has 0 fully saturated rings. The second kappa shape index (κ2) is 10.6. The van der Waals surface area contributed by atoms with Gasteiger partial charge in [0.05, 0.1) is 19.1 Å². The van der Waals surface area contributed by atoms with Crippen LogP contribution >= 0.6 is 36.6 Å². The quantitative estimate of drug-likeness (QED) is 0.508. The van der Waals surface area contributed by atoms with Gasteiger partial charge in [0.2, 0.25) is 5.91 Å². The summed E-state index contributed by atoms with van der Waals surface area (Å²) in [6.45, 7) is 1.40. The highest BCUT2D eigenvalue weighted by molar-refractivity contribution is 7.99. The molecule has 2 aromatic rings. The van der Waals surface area contributed by atoms with Crippen molar-refractivity contribution in [2.75, 3.05) is 26.0 Å². The lowest BCUT2D eigenvalue weighted by molar-refractivity contribution is -0.123. The van der Waals surface area contributed by atoms with E-state index < -0.39 is 0 Å². The first-order valence-electron chi connectivity index (χ1n) is 7.58. The van der Waals surface area contributed by atoms with Gasteiger partial charge in [-0.3, -0.25) is 4.79 Å². The maximum absolute atomic E-state index is 12.3. The van der Waals surface area contributed by atoms with Gasteiger partial charge in [-0.1, -0.05) is 0 Å². The number of rotatable bonds is 6. The molecule has 138 valence electrons. The van der Waals surface area contributed by atoms with Gasteiger partial charge in [0.25, 0.3) is 0 Å². The zero-order valence-electron chi connectivity index (χ0n) is 13.8. The lowest BCUT2D eigenvalue weighted by Crippen LogP contribution is -2.42. The average molecular weight is 405 g/mol. The van der Waals surface area contributed by atoms with Crippen molar-refractivity contribution in [3.8, 4) is 5.75 Å². The van der Waals surface area contributed by atoms with Gasteiger partial charge in [0, 0.05) is 35.9 Å². The summed E-state index contributed by atoms with van der Waals surface area (Å²) in [5, 5.41) is 6.19. The second-order valence-electron chi connectivity index (χ2n) is 5.22. The number of nitrogens with one attached hydrogen (secondary N) is 3. The molecule has 1 aromatic carbocycles. The number of fused-ring (bicyclic) bond motifs is 1. The van der Waals surface area contributed by atoms with Crippen LogP contribution in [0.3, 0.4) is 0 Å². The first kappa shape index (κ1) is 21.6. The van der Waals surface area contributed by atoms with Gasteiger partial charge >= 0.3 is 0 Å². The van der Waals surface area contributed by atoms with Crippen LogP contribution in [0.2, 0.25) is 0 Å². The van der Waals surface area contributed by atoms with Crippen molar-refractivity contribution < 1.29 is 9.53 Å². The van der Waals surface area contributed by atoms with Crippen LogP contribution in [0.5, 0.6) is 5.75 Å². The summed E-state index contributed by atoms with van der Waals surface area (Å²) in [4.78, 5) is 20.8. The molecule has 9 heteroatoms. The van der Waals surface area contributed by atoms with Crippen molar-refractivity contribution >= 4 is 42.5 Å². The summed E-state index contributed by atoms with van der Waals surface area (Å²) < 4.78 is 5.13. The van der Waals surface area contributed by atoms with Gasteiger partial charge in [-0.2, -0.15) is 0 Å². The van der Waals surface area contributed by atoms with Crippen LogP contribution in [0.25, 0.3) is 0 Å². The largest absolute Gasteiger partial charge is 0.497 e. The van der Waals surface area contributed by atoms with E-state index in [0.29, 0.717) is 6.54 Å². The second-order valence-corrected chi connectivity index (χ2v) is 6.39. The normalized spacial score (nSPS) is 15.3. The van der Waals surface area contributed by atoms with E-state index in [1.807, 2.05) is 24.3 Å². The van der Waals surface area contributed by atoms with E-state index in [1.54, 1.807) is 25.2 Å². The molecule has 3 N–H and O–H groups in total. The van der Waals surface area contributed by atoms with Crippen LogP contribution in [0.1, 0.15) is 17.4 Å². The van der Waals surface area contributed by atoms with E-state index >= 15 is 0 Å². The molecule has 6 nitrogen and oxygen atoms in total. The summed E-state index contributed by atoms with van der Waals surface area (Å²) in [6.07, 6.45) is 2.53. The van der Waals surface area contributed by atoms with Crippen molar-refractivity contribution in [1.29, 1.82) is 0 Å². The smallest absolute Gasteiger partial charge is 0.243 e. The molecule has 0 bridgehead atoms. The fourth-order valence-corrected chi connectivity index (χ4v) is 3.32. The molecule has 0 saturated heterocycles. The Morgan fingerprint density at radius 3 is 2.84 bits per heavy atom. The number of ether oxygens (including phenoxy) is 1. The number of hydrogen-bond acceptors (Lipinski definition) is 5. The number of carbonyl (C=O) groups is 1. The molecule has 1 atom stereocenters. The number of methoxy groups -OCH3 is 1. The number of hydrogen-bond donors (Lipinski definition) is 3. The van der Waals surface area contributed by atoms with Crippen LogP contribution in [0.15, 0.2) is 35.5 Å². The lowest BCUT2D eigenvalue weighted by atomic mass is 10.1. The van der Waals surface area contributed by atoms with Crippen molar-refractivity contribution in [2.45, 2.75) is 17.4 Å². The number of benzene rings is 1. The summed E-state index contributed by atoms with van der Waals surface area (Å²) in [6, 6.07) is 7.56. The number of aromatic nitrogens is 2. The summed E-state index contributed by atoms with van der Waals surface area (Å²) in [7, 11) is 1.65. The minimum atomic E-state index is -0.351. The van der Waals surface area contributed by atoms with Gasteiger partial charge < -0.3 is 20.4 Å². The van der Waals surface area contributed by atoms with E-state index in [-0.39, 0.29) is 36.8 Å². The third kappa shape index (κ3) is 5.54. The summed E-state index contributed by atoms with van der Waals surface area (Å²) in [5.41, 5.74) is 1.87. The predicted octanol–water partition coefficient (Wildman–Crippen LogP) is 2.36. The van der Waals surface area contributed by atoms with Gasteiger partial charge in [0.15, 0.2) is 0 Å². The Bertz CT molecular complexity index is 666. The fourth-order valence-electron chi connectivity index (χ4n) is 2.55. The topological polar surface area (TPSA) is 79.0 Å². The highest BCUT2D eigenvalue weighted by atomic mass is 35.5. The zero-order valence-corrected chi connectivity index (χ0v) is 16.2. The van der Waals surface area contributed by atoms with E-state index in [1.165, 1.54) is 0 Å². The van der Waals surface area contributed by atoms with Crippen LogP contribution in [0, 0.1) is 0 Å². The molecule has 1 aliphatic heterocycles. The Kier molecular flexibility index (Phi) is 9.13. The Morgan fingerprint density at radius 2 is 2.12 bits per heavy atom. The Balaban J connectivity index is 0.00000156. The minimum absolute atomic E-state index is 0. The third-order valence-electron chi connectivity index (χ3n) is 3.74. The van der Waals surface area contributed by atoms with Crippen molar-refractivity contribution in [3.05, 3.63) is 42.0 Å². The maximum Gasteiger partial charge on any atom is 0.243 e. The van der Waals surface area contributed by atoms with Crippen LogP contribution in [-0.2, 0) is 11.2 Å². The predicted molar refractivity (Wildman–Crippen MR) is 104 cm³/mol. The minimum Gasteiger partial charge on any atom is -0.497 e. The Morgan fingerprint density at radius 1 is 1.36 bits per heavy atom. The molecule has 0 aliphatic carbocycles. The van der Waals surface area contributed by atoms with Gasteiger partial charge in [-0.05, 0) is 24.3 Å². The summed E-state index contributed by atoms with van der Waals surface area (Å²) >= 11 is 1.70. The Hall–Kier alpha value is -1.41. The number of thioether (sulfide) groups is 1. The molecule has 0 radical (unpaired) electrons. The standard InChI is InChI=1S/C16H20N4O2S.2ClH/c1-22-11-2-4-12(5-3-11)23-9-8-18-16(21)15-14-13(6-7-17-15)19-10-20-14;;/h2-5,10,15,17H,6-9H2,1H3,(H,18,21)(H,19,20);2*1H. The molecule has 1 unspecified atom stereocenters. The van der Waals surface area contributed by atoms with Crippen molar-refractivity contribution in [3.63, 3.8) is 0 Å². The molecule has 3 rings (SSSR count). The van der Waals surface area contributed by atoms with E-state index in [9.17, 15) is 4.79 Å². The first-order chi connectivity index (χ1) is 11.3. The van der Waals surface area contributed by atoms with Gasteiger partial charge in [-0.25, -0.2) is 4.98 Å². The SMILES string of the molecule is COc1ccc(SCCNC(=O)C2NCCc3[nH]cnc32)cc1.Cl.Cl. The maximum atomic E-state index is 12.3. The summed E-state index contributed by atoms with van der Waals surface area (Å²) in [5.74, 6) is 1.65. The van der Waals surface area contributed by atoms with E-state index in [2.05, 4.69) is 20.6 Å². The molecule has 1 aliphatic rings. The first-order valence-corrected chi connectivity index (χ1v) is 8.56. The zero-order chi connectivity index (χ0) is 16.1. The van der Waals surface area contributed by atoms with Crippen LogP contribution < -0.4 is 15.4 Å². The monoisotopic (exact) mass is 404 g/mol. The van der Waals surface area contributed by atoms with E-state index in [4.69, 9.17) is 4.74 Å². The molecular formula is C16H22Cl2N4O2S. The van der Waals surface area contributed by atoms with Gasteiger partial charge in [-0.15, -0.1) is 36.6 Å². The number of aromatic amines is 1.